The number of carboxylic acid groups (broad SMARTS) is 1. The third-order valence-corrected chi connectivity index (χ3v) is 6.84. The molecule has 0 radical (unpaired) electrons. The Morgan fingerprint density at radius 1 is 0.897 bits per heavy atom. The molecule has 0 saturated heterocycles. The molecular weight excluding hydrogens is 492 g/mol. The fourth-order valence-electron chi connectivity index (χ4n) is 4.30. The highest BCUT2D eigenvalue weighted by molar-refractivity contribution is 6.05. The highest BCUT2D eigenvalue weighted by atomic mass is 16.4. The molecule has 8 heteroatoms. The molecule has 0 spiro atoms. The Bertz CT molecular complexity index is 1630. The predicted molar refractivity (Wildman–Crippen MR) is 154 cm³/mol. The van der Waals surface area contributed by atoms with E-state index in [9.17, 15) is 19.5 Å². The van der Waals surface area contributed by atoms with Crippen molar-refractivity contribution in [1.29, 1.82) is 0 Å². The monoisotopic (exact) mass is 524 g/mol. The third-order valence-electron chi connectivity index (χ3n) is 6.84. The SMILES string of the molecule is Cc1c(NC(=O)c2ccc(C(C)(C)C)cc2)cccc1-c1nc(Nc2ccccc2C(=O)O)c(=O)n(C)c1C. The molecule has 1 amide bonds. The maximum absolute atomic E-state index is 13.1. The van der Waals surface area contributed by atoms with E-state index in [0.717, 1.165) is 16.7 Å². The Balaban J connectivity index is 1.70. The van der Waals surface area contributed by atoms with Gasteiger partial charge in [-0.2, -0.15) is 0 Å². The molecule has 0 fully saturated rings. The van der Waals surface area contributed by atoms with Crippen molar-refractivity contribution in [2.75, 3.05) is 10.6 Å². The molecule has 3 aromatic carbocycles. The lowest BCUT2D eigenvalue weighted by Crippen LogP contribution is -2.25. The zero-order valence-electron chi connectivity index (χ0n) is 22.9. The van der Waals surface area contributed by atoms with Crippen molar-refractivity contribution in [2.45, 2.75) is 40.0 Å². The minimum Gasteiger partial charge on any atom is -0.478 e. The number of nitrogens with zero attached hydrogens (tertiary/aromatic N) is 2. The summed E-state index contributed by atoms with van der Waals surface area (Å²) in [5.41, 5.74) is 4.88. The third kappa shape index (κ3) is 5.60. The van der Waals surface area contributed by atoms with Gasteiger partial charge in [-0.05, 0) is 60.7 Å². The summed E-state index contributed by atoms with van der Waals surface area (Å²) in [5.74, 6) is -1.34. The number of para-hydroxylation sites is 1. The van der Waals surface area contributed by atoms with Crippen LogP contribution in [0.4, 0.5) is 17.2 Å². The molecule has 200 valence electrons. The first-order valence-corrected chi connectivity index (χ1v) is 12.6. The summed E-state index contributed by atoms with van der Waals surface area (Å²) >= 11 is 0. The molecule has 8 nitrogen and oxygen atoms in total. The topological polar surface area (TPSA) is 113 Å². The van der Waals surface area contributed by atoms with E-state index in [1.807, 2.05) is 49.4 Å². The summed E-state index contributed by atoms with van der Waals surface area (Å²) in [7, 11) is 1.64. The minimum absolute atomic E-state index is 0.000392. The molecule has 4 rings (SSSR count). The van der Waals surface area contributed by atoms with E-state index in [2.05, 4.69) is 36.4 Å². The van der Waals surface area contributed by atoms with Crippen LogP contribution in [0.5, 0.6) is 0 Å². The van der Waals surface area contributed by atoms with Crippen LogP contribution in [-0.2, 0) is 12.5 Å². The number of anilines is 3. The smallest absolute Gasteiger partial charge is 0.337 e. The van der Waals surface area contributed by atoms with Gasteiger partial charge in [0.15, 0.2) is 5.82 Å². The first-order chi connectivity index (χ1) is 18.4. The van der Waals surface area contributed by atoms with Crippen molar-refractivity contribution in [3.05, 3.63) is 105 Å². The molecule has 0 bridgehead atoms. The summed E-state index contributed by atoms with van der Waals surface area (Å²) in [6, 6.07) is 19.4. The average Bonchev–Trinajstić information content (AvgIpc) is 2.90. The molecule has 0 saturated carbocycles. The van der Waals surface area contributed by atoms with Crippen molar-refractivity contribution in [3.8, 4) is 11.3 Å². The molecule has 0 aliphatic rings. The number of hydrogen-bond acceptors (Lipinski definition) is 5. The van der Waals surface area contributed by atoms with E-state index < -0.39 is 11.5 Å². The van der Waals surface area contributed by atoms with E-state index in [-0.39, 0.29) is 28.4 Å². The van der Waals surface area contributed by atoms with Crippen LogP contribution in [0.1, 0.15) is 58.3 Å². The van der Waals surface area contributed by atoms with Crippen molar-refractivity contribution in [2.24, 2.45) is 7.05 Å². The predicted octanol–water partition coefficient (Wildman–Crippen LogP) is 6.06. The van der Waals surface area contributed by atoms with Crippen LogP contribution in [0.15, 0.2) is 71.5 Å². The molecule has 39 heavy (non-hydrogen) atoms. The number of amides is 1. The van der Waals surface area contributed by atoms with Crippen molar-refractivity contribution in [3.63, 3.8) is 0 Å². The molecule has 0 unspecified atom stereocenters. The van der Waals surface area contributed by atoms with Gasteiger partial charge < -0.3 is 20.3 Å². The van der Waals surface area contributed by atoms with E-state index in [1.165, 1.54) is 10.6 Å². The van der Waals surface area contributed by atoms with Gasteiger partial charge in [-0.3, -0.25) is 9.59 Å². The number of rotatable bonds is 6. The van der Waals surface area contributed by atoms with E-state index >= 15 is 0 Å². The van der Waals surface area contributed by atoms with Crippen LogP contribution in [-0.4, -0.2) is 26.5 Å². The van der Waals surface area contributed by atoms with Crippen LogP contribution in [0.3, 0.4) is 0 Å². The van der Waals surface area contributed by atoms with Crippen molar-refractivity contribution >= 4 is 29.1 Å². The largest absolute Gasteiger partial charge is 0.478 e. The quantitative estimate of drug-likeness (QED) is 0.283. The van der Waals surface area contributed by atoms with Gasteiger partial charge in [0.2, 0.25) is 0 Å². The Morgan fingerprint density at radius 2 is 1.54 bits per heavy atom. The Morgan fingerprint density at radius 3 is 2.18 bits per heavy atom. The van der Waals surface area contributed by atoms with Crippen LogP contribution >= 0.6 is 0 Å². The molecule has 4 aromatic rings. The second-order valence-corrected chi connectivity index (χ2v) is 10.5. The Hall–Kier alpha value is -4.72. The zero-order chi connectivity index (χ0) is 28.5. The molecule has 1 heterocycles. The standard InChI is InChI=1S/C31H32N4O4/c1-18-22(11-9-13-24(18)33-28(36)20-14-16-21(17-15-20)31(3,4)5)26-19(2)35(6)29(37)27(34-26)32-25-12-8-7-10-23(25)30(38)39/h7-17H,1-6H3,(H,32,34)(H,33,36)(H,38,39). The first-order valence-electron chi connectivity index (χ1n) is 12.6. The fraction of sp³-hybridized carbons (Fsp3) is 0.226. The van der Waals surface area contributed by atoms with Gasteiger partial charge in [0.25, 0.3) is 11.5 Å². The number of benzene rings is 3. The maximum Gasteiger partial charge on any atom is 0.337 e. The summed E-state index contributed by atoms with van der Waals surface area (Å²) < 4.78 is 1.47. The van der Waals surface area contributed by atoms with Crippen molar-refractivity contribution in [1.82, 2.24) is 9.55 Å². The summed E-state index contributed by atoms with van der Waals surface area (Å²) in [4.78, 5) is 42.4. The molecule has 0 aliphatic heterocycles. The van der Waals surface area contributed by atoms with Gasteiger partial charge in [0, 0.05) is 29.6 Å². The fourth-order valence-corrected chi connectivity index (χ4v) is 4.30. The molecule has 0 atom stereocenters. The lowest BCUT2D eigenvalue weighted by Gasteiger charge is -2.19. The molecule has 1 aromatic heterocycles. The zero-order valence-corrected chi connectivity index (χ0v) is 22.9. The number of carbonyl (C=O) groups is 2. The number of carboxylic acids is 1. The van der Waals surface area contributed by atoms with Gasteiger partial charge in [0.1, 0.15) is 0 Å². The lowest BCUT2D eigenvalue weighted by atomic mass is 9.86. The lowest BCUT2D eigenvalue weighted by molar-refractivity contribution is 0.0697. The average molecular weight is 525 g/mol. The van der Waals surface area contributed by atoms with Crippen LogP contribution in [0.2, 0.25) is 0 Å². The molecule has 0 aliphatic carbocycles. The van der Waals surface area contributed by atoms with Crippen LogP contribution < -0.4 is 16.2 Å². The van der Waals surface area contributed by atoms with E-state index in [1.54, 1.807) is 32.2 Å². The van der Waals surface area contributed by atoms with Crippen LogP contribution in [0, 0.1) is 13.8 Å². The number of nitrogens with one attached hydrogen (secondary N) is 2. The van der Waals surface area contributed by atoms with Gasteiger partial charge in [0.05, 0.1) is 16.9 Å². The normalized spacial score (nSPS) is 11.2. The van der Waals surface area contributed by atoms with Crippen molar-refractivity contribution < 1.29 is 14.7 Å². The highest BCUT2D eigenvalue weighted by Gasteiger charge is 2.19. The van der Waals surface area contributed by atoms with Gasteiger partial charge >= 0.3 is 5.97 Å². The molecule has 3 N–H and O–H groups in total. The summed E-state index contributed by atoms with van der Waals surface area (Å²) in [6.45, 7) is 10.0. The Kier molecular flexibility index (Phi) is 7.40. The van der Waals surface area contributed by atoms with E-state index in [0.29, 0.717) is 22.6 Å². The minimum atomic E-state index is -1.12. The summed E-state index contributed by atoms with van der Waals surface area (Å²) in [6.07, 6.45) is 0. The number of aromatic carboxylic acids is 1. The van der Waals surface area contributed by atoms with Gasteiger partial charge in [-0.1, -0.05) is 57.2 Å². The number of aromatic nitrogens is 2. The summed E-state index contributed by atoms with van der Waals surface area (Å²) in [5, 5.41) is 15.4. The second-order valence-electron chi connectivity index (χ2n) is 10.5. The maximum atomic E-state index is 13.1. The van der Waals surface area contributed by atoms with Gasteiger partial charge in [-0.15, -0.1) is 0 Å². The first kappa shape index (κ1) is 27.3. The number of hydrogen-bond donors (Lipinski definition) is 3. The Labute approximate surface area is 227 Å². The number of carbonyl (C=O) groups excluding carboxylic acids is 1. The molecular formula is C31H32N4O4. The van der Waals surface area contributed by atoms with Gasteiger partial charge in [-0.25, -0.2) is 9.78 Å². The van der Waals surface area contributed by atoms with E-state index in [4.69, 9.17) is 0 Å². The van der Waals surface area contributed by atoms with Crippen LogP contribution in [0.25, 0.3) is 11.3 Å². The highest BCUT2D eigenvalue weighted by Crippen LogP contribution is 2.31. The second kappa shape index (κ2) is 10.6.